The van der Waals surface area contributed by atoms with Crippen molar-refractivity contribution in [2.75, 3.05) is 0 Å². The van der Waals surface area contributed by atoms with E-state index in [0.29, 0.717) is 0 Å². The third-order valence-electron chi connectivity index (χ3n) is 1.32. The molecular weight excluding hydrogens is 160 g/mol. The number of fused-ring (bicyclic) bond motifs is 1. The van der Waals surface area contributed by atoms with Gasteiger partial charge in [0, 0.05) is 17.8 Å². The first-order chi connectivity index (χ1) is 6.47. The van der Waals surface area contributed by atoms with Crippen LogP contribution in [0, 0.1) is 0 Å². The standard InChI is InChI=1S/C7H6N2.2C2H6/c1-2-6-3-5-9-7(6)8-4-1;2*1-2/h1-5H,(H,8,9);2*1-2H3. The minimum absolute atomic E-state index is 0.956. The Morgan fingerprint density at radius 1 is 1.08 bits per heavy atom. The van der Waals surface area contributed by atoms with E-state index >= 15 is 0 Å². The van der Waals surface area contributed by atoms with Crippen molar-refractivity contribution in [1.29, 1.82) is 0 Å². The monoisotopic (exact) mass is 178 g/mol. The van der Waals surface area contributed by atoms with Crippen LogP contribution in [0.1, 0.15) is 27.7 Å². The van der Waals surface area contributed by atoms with Gasteiger partial charge in [-0.2, -0.15) is 0 Å². The fourth-order valence-electron chi connectivity index (χ4n) is 0.883. The molecule has 0 fully saturated rings. The van der Waals surface area contributed by atoms with Crippen molar-refractivity contribution in [3.63, 3.8) is 0 Å². The van der Waals surface area contributed by atoms with E-state index in [0.717, 1.165) is 11.0 Å². The number of aromatic nitrogens is 2. The van der Waals surface area contributed by atoms with Gasteiger partial charge in [-0.1, -0.05) is 27.7 Å². The lowest BCUT2D eigenvalue weighted by Crippen LogP contribution is -1.70. The van der Waals surface area contributed by atoms with Crippen LogP contribution < -0.4 is 0 Å². The lowest BCUT2D eigenvalue weighted by atomic mass is 10.3. The fraction of sp³-hybridized carbons (Fsp3) is 0.364. The zero-order valence-corrected chi connectivity index (χ0v) is 8.83. The van der Waals surface area contributed by atoms with Crippen molar-refractivity contribution in [2.24, 2.45) is 0 Å². The highest BCUT2D eigenvalue weighted by Gasteiger charge is 1.88. The molecule has 0 amide bonds. The molecule has 0 aliphatic carbocycles. The molecular formula is C11H18N2. The van der Waals surface area contributed by atoms with Crippen molar-refractivity contribution in [1.82, 2.24) is 9.97 Å². The van der Waals surface area contributed by atoms with Gasteiger partial charge in [0.2, 0.25) is 0 Å². The zero-order valence-electron chi connectivity index (χ0n) is 8.83. The van der Waals surface area contributed by atoms with Crippen LogP contribution in [0.2, 0.25) is 0 Å². The minimum Gasteiger partial charge on any atom is -0.346 e. The zero-order chi connectivity index (χ0) is 10.1. The molecule has 2 rings (SSSR count). The smallest absolute Gasteiger partial charge is 0.137 e. The van der Waals surface area contributed by atoms with Crippen LogP contribution in [-0.2, 0) is 0 Å². The largest absolute Gasteiger partial charge is 0.346 e. The number of nitrogens with zero attached hydrogens (tertiary/aromatic N) is 1. The SMILES string of the molecule is CC.CC.c1cnc2[nH]ccc2c1. The fourth-order valence-corrected chi connectivity index (χ4v) is 0.883. The summed E-state index contributed by atoms with van der Waals surface area (Å²) in [5.74, 6) is 0. The van der Waals surface area contributed by atoms with E-state index in [2.05, 4.69) is 9.97 Å². The van der Waals surface area contributed by atoms with Gasteiger partial charge in [0.05, 0.1) is 0 Å². The highest BCUT2D eigenvalue weighted by atomic mass is 14.8. The van der Waals surface area contributed by atoms with Crippen LogP contribution in [0.15, 0.2) is 30.6 Å². The van der Waals surface area contributed by atoms with Crippen molar-refractivity contribution >= 4 is 11.0 Å². The molecule has 2 aromatic heterocycles. The molecule has 1 N–H and O–H groups in total. The number of hydrogen-bond donors (Lipinski definition) is 1. The normalized spacial score (nSPS) is 8.00. The number of aromatic amines is 1. The topological polar surface area (TPSA) is 28.7 Å². The van der Waals surface area contributed by atoms with E-state index in [1.165, 1.54) is 0 Å². The van der Waals surface area contributed by atoms with Gasteiger partial charge in [-0.25, -0.2) is 4.98 Å². The molecule has 13 heavy (non-hydrogen) atoms. The van der Waals surface area contributed by atoms with E-state index in [1.54, 1.807) is 6.20 Å². The minimum atomic E-state index is 0.956. The van der Waals surface area contributed by atoms with Crippen molar-refractivity contribution in [2.45, 2.75) is 27.7 Å². The van der Waals surface area contributed by atoms with Gasteiger partial charge in [-0.3, -0.25) is 0 Å². The Bertz CT molecular complexity index is 282. The quantitative estimate of drug-likeness (QED) is 0.655. The maximum atomic E-state index is 4.09. The van der Waals surface area contributed by atoms with E-state index in [-0.39, 0.29) is 0 Å². The van der Waals surface area contributed by atoms with Gasteiger partial charge in [0.15, 0.2) is 0 Å². The first-order valence-electron chi connectivity index (χ1n) is 4.85. The van der Waals surface area contributed by atoms with Gasteiger partial charge in [0.25, 0.3) is 0 Å². The number of rotatable bonds is 0. The Morgan fingerprint density at radius 3 is 2.38 bits per heavy atom. The van der Waals surface area contributed by atoms with E-state index in [1.807, 2.05) is 52.1 Å². The maximum absolute atomic E-state index is 4.09. The van der Waals surface area contributed by atoms with Crippen molar-refractivity contribution in [3.8, 4) is 0 Å². The molecule has 0 atom stereocenters. The summed E-state index contributed by atoms with van der Waals surface area (Å²) in [4.78, 5) is 7.09. The lowest BCUT2D eigenvalue weighted by Gasteiger charge is -1.82. The second-order valence-corrected chi connectivity index (χ2v) is 1.92. The Balaban J connectivity index is 0.000000322. The Morgan fingerprint density at radius 2 is 1.77 bits per heavy atom. The van der Waals surface area contributed by atoms with Gasteiger partial charge >= 0.3 is 0 Å². The Labute approximate surface area is 80.0 Å². The summed E-state index contributed by atoms with van der Waals surface area (Å²) in [5.41, 5.74) is 0.956. The number of nitrogens with one attached hydrogen (secondary N) is 1. The molecule has 0 aliphatic heterocycles. The first-order valence-corrected chi connectivity index (χ1v) is 4.85. The molecule has 0 bridgehead atoms. The second kappa shape index (κ2) is 7.35. The van der Waals surface area contributed by atoms with Gasteiger partial charge in [-0.05, 0) is 18.2 Å². The maximum Gasteiger partial charge on any atom is 0.137 e. The van der Waals surface area contributed by atoms with Crippen LogP contribution >= 0.6 is 0 Å². The molecule has 2 aromatic rings. The van der Waals surface area contributed by atoms with Gasteiger partial charge < -0.3 is 4.98 Å². The molecule has 0 aliphatic rings. The summed E-state index contributed by atoms with van der Waals surface area (Å²) >= 11 is 0. The highest BCUT2D eigenvalue weighted by molar-refractivity contribution is 5.74. The lowest BCUT2D eigenvalue weighted by molar-refractivity contribution is 1.33. The highest BCUT2D eigenvalue weighted by Crippen LogP contribution is 2.05. The summed E-state index contributed by atoms with van der Waals surface area (Å²) < 4.78 is 0. The van der Waals surface area contributed by atoms with Crippen molar-refractivity contribution in [3.05, 3.63) is 30.6 Å². The molecule has 0 unspecified atom stereocenters. The summed E-state index contributed by atoms with van der Waals surface area (Å²) in [6.45, 7) is 8.00. The van der Waals surface area contributed by atoms with E-state index in [4.69, 9.17) is 0 Å². The third kappa shape index (κ3) is 3.28. The van der Waals surface area contributed by atoms with Crippen LogP contribution in [0.3, 0.4) is 0 Å². The summed E-state index contributed by atoms with van der Waals surface area (Å²) in [6, 6.07) is 5.96. The molecule has 0 saturated heterocycles. The molecule has 2 heteroatoms. The van der Waals surface area contributed by atoms with Crippen LogP contribution in [-0.4, -0.2) is 9.97 Å². The predicted molar refractivity (Wildman–Crippen MR) is 58.8 cm³/mol. The van der Waals surface area contributed by atoms with Crippen LogP contribution in [0.4, 0.5) is 0 Å². The number of hydrogen-bond acceptors (Lipinski definition) is 1. The van der Waals surface area contributed by atoms with Gasteiger partial charge in [-0.15, -0.1) is 0 Å². The summed E-state index contributed by atoms with van der Waals surface area (Å²) in [6.07, 6.45) is 3.66. The molecule has 0 radical (unpaired) electrons. The molecule has 0 aromatic carbocycles. The average molecular weight is 178 g/mol. The molecule has 2 heterocycles. The second-order valence-electron chi connectivity index (χ2n) is 1.92. The van der Waals surface area contributed by atoms with Crippen LogP contribution in [0.25, 0.3) is 11.0 Å². The Kier molecular flexibility index (Phi) is 6.60. The van der Waals surface area contributed by atoms with Crippen LogP contribution in [0.5, 0.6) is 0 Å². The molecule has 0 spiro atoms. The van der Waals surface area contributed by atoms with E-state index < -0.39 is 0 Å². The average Bonchev–Trinajstić information content (AvgIpc) is 2.71. The Hall–Kier alpha value is -1.31. The third-order valence-corrected chi connectivity index (χ3v) is 1.32. The molecule has 0 saturated carbocycles. The molecule has 2 nitrogen and oxygen atoms in total. The number of pyridine rings is 1. The number of H-pyrrole nitrogens is 1. The van der Waals surface area contributed by atoms with Crippen molar-refractivity contribution < 1.29 is 0 Å². The summed E-state index contributed by atoms with van der Waals surface area (Å²) in [7, 11) is 0. The van der Waals surface area contributed by atoms with E-state index in [9.17, 15) is 0 Å². The first kappa shape index (κ1) is 11.7. The van der Waals surface area contributed by atoms with Gasteiger partial charge in [0.1, 0.15) is 5.65 Å². The molecule has 72 valence electrons. The summed E-state index contributed by atoms with van der Waals surface area (Å²) in [5, 5.41) is 1.16. The predicted octanol–water partition coefficient (Wildman–Crippen LogP) is 3.62.